The van der Waals surface area contributed by atoms with E-state index in [9.17, 15) is 4.79 Å². The van der Waals surface area contributed by atoms with E-state index in [1.165, 1.54) is 16.7 Å². The Kier molecular flexibility index (Phi) is 3.52. The SMILES string of the molecule is CC1(C)NC(=O)[C@H](Cc2ccc(-c3ccccc3)cc2)N1. The Morgan fingerprint density at radius 3 is 2.14 bits per heavy atom. The van der Waals surface area contributed by atoms with E-state index >= 15 is 0 Å². The molecule has 2 aromatic carbocycles. The molecule has 0 radical (unpaired) electrons. The second kappa shape index (κ2) is 5.34. The number of amides is 1. The van der Waals surface area contributed by atoms with Gasteiger partial charge in [-0.05, 0) is 37.0 Å². The summed E-state index contributed by atoms with van der Waals surface area (Å²) >= 11 is 0. The predicted molar refractivity (Wildman–Crippen MR) is 84.7 cm³/mol. The highest BCUT2D eigenvalue weighted by atomic mass is 16.2. The molecule has 1 heterocycles. The smallest absolute Gasteiger partial charge is 0.238 e. The molecule has 1 atom stereocenters. The van der Waals surface area contributed by atoms with Crippen molar-refractivity contribution in [1.82, 2.24) is 10.6 Å². The van der Waals surface area contributed by atoms with E-state index in [2.05, 4.69) is 47.0 Å². The number of carbonyl (C=O) groups excluding carboxylic acids is 1. The third-order valence-electron chi connectivity index (χ3n) is 3.79. The van der Waals surface area contributed by atoms with Crippen LogP contribution in [0.5, 0.6) is 0 Å². The first kappa shape index (κ1) is 13.8. The van der Waals surface area contributed by atoms with Gasteiger partial charge in [0.2, 0.25) is 5.91 Å². The summed E-state index contributed by atoms with van der Waals surface area (Å²) in [5, 5.41) is 6.26. The fourth-order valence-electron chi connectivity index (χ4n) is 2.78. The summed E-state index contributed by atoms with van der Waals surface area (Å²) in [5.74, 6) is 0.0761. The van der Waals surface area contributed by atoms with Crippen LogP contribution >= 0.6 is 0 Å². The summed E-state index contributed by atoms with van der Waals surface area (Å²) in [7, 11) is 0. The molecule has 2 aromatic rings. The molecule has 21 heavy (non-hydrogen) atoms. The zero-order chi connectivity index (χ0) is 14.9. The van der Waals surface area contributed by atoms with Crippen LogP contribution in [0.15, 0.2) is 54.6 Å². The third kappa shape index (κ3) is 3.14. The van der Waals surface area contributed by atoms with Gasteiger partial charge in [0.15, 0.2) is 0 Å². The third-order valence-corrected chi connectivity index (χ3v) is 3.79. The van der Waals surface area contributed by atoms with Gasteiger partial charge < -0.3 is 5.32 Å². The van der Waals surface area contributed by atoms with Crippen LogP contribution < -0.4 is 10.6 Å². The lowest BCUT2D eigenvalue weighted by Crippen LogP contribution is -2.44. The standard InChI is InChI=1S/C18H20N2O/c1-18(2)19-16(17(21)20-18)12-13-8-10-15(11-9-13)14-6-4-3-5-7-14/h3-11,16,19H,12H2,1-2H3,(H,20,21)/t16-/m0/s1. The first-order chi connectivity index (χ1) is 10.0. The molecule has 0 aromatic heterocycles. The molecule has 1 aliphatic heterocycles. The lowest BCUT2D eigenvalue weighted by Gasteiger charge is -2.18. The molecule has 1 amide bonds. The summed E-state index contributed by atoms with van der Waals surface area (Å²) < 4.78 is 0. The van der Waals surface area contributed by atoms with Gasteiger partial charge in [-0.1, -0.05) is 54.6 Å². The van der Waals surface area contributed by atoms with Crippen molar-refractivity contribution in [2.24, 2.45) is 0 Å². The highest BCUT2D eigenvalue weighted by Crippen LogP contribution is 2.20. The largest absolute Gasteiger partial charge is 0.337 e. The minimum absolute atomic E-state index is 0.0761. The van der Waals surface area contributed by atoms with Crippen molar-refractivity contribution in [1.29, 1.82) is 0 Å². The number of benzene rings is 2. The second-order valence-electron chi connectivity index (χ2n) is 6.08. The molecule has 2 N–H and O–H groups in total. The molecule has 0 unspecified atom stereocenters. The Hall–Kier alpha value is -2.13. The molecule has 3 rings (SSSR count). The van der Waals surface area contributed by atoms with Crippen molar-refractivity contribution in [2.75, 3.05) is 0 Å². The van der Waals surface area contributed by atoms with Gasteiger partial charge in [-0.2, -0.15) is 0 Å². The van der Waals surface area contributed by atoms with Crippen molar-refractivity contribution < 1.29 is 4.79 Å². The van der Waals surface area contributed by atoms with E-state index < -0.39 is 0 Å². The summed E-state index contributed by atoms with van der Waals surface area (Å²) in [6, 6.07) is 18.6. The molecule has 1 fully saturated rings. The Morgan fingerprint density at radius 2 is 1.57 bits per heavy atom. The Bertz CT molecular complexity index is 632. The van der Waals surface area contributed by atoms with E-state index in [1.54, 1.807) is 0 Å². The van der Waals surface area contributed by atoms with Gasteiger partial charge in [-0.25, -0.2) is 0 Å². The maximum absolute atomic E-state index is 11.9. The van der Waals surface area contributed by atoms with Crippen molar-refractivity contribution in [3.05, 3.63) is 60.2 Å². The summed E-state index contributed by atoms with van der Waals surface area (Å²) in [4.78, 5) is 11.9. The molecule has 108 valence electrons. The van der Waals surface area contributed by atoms with E-state index in [-0.39, 0.29) is 17.6 Å². The highest BCUT2D eigenvalue weighted by molar-refractivity contribution is 5.85. The number of rotatable bonds is 3. The first-order valence-electron chi connectivity index (χ1n) is 7.28. The number of hydrogen-bond donors (Lipinski definition) is 2. The van der Waals surface area contributed by atoms with Crippen LogP contribution in [0.1, 0.15) is 19.4 Å². The molecule has 0 aliphatic carbocycles. The molecule has 0 saturated carbocycles. The molecular weight excluding hydrogens is 260 g/mol. The van der Waals surface area contributed by atoms with Crippen molar-refractivity contribution in [3.8, 4) is 11.1 Å². The van der Waals surface area contributed by atoms with Gasteiger partial charge in [-0.3, -0.25) is 10.1 Å². The van der Waals surface area contributed by atoms with Gasteiger partial charge in [0.25, 0.3) is 0 Å². The van der Waals surface area contributed by atoms with E-state index in [0.29, 0.717) is 6.42 Å². The van der Waals surface area contributed by atoms with Gasteiger partial charge in [0.1, 0.15) is 0 Å². The second-order valence-corrected chi connectivity index (χ2v) is 6.08. The lowest BCUT2D eigenvalue weighted by atomic mass is 10.0. The molecule has 0 spiro atoms. The molecule has 3 nitrogen and oxygen atoms in total. The van der Waals surface area contributed by atoms with Crippen LogP contribution in [-0.4, -0.2) is 17.6 Å². The van der Waals surface area contributed by atoms with E-state index in [0.717, 1.165) is 0 Å². The maximum Gasteiger partial charge on any atom is 0.238 e. The van der Waals surface area contributed by atoms with Crippen molar-refractivity contribution in [3.63, 3.8) is 0 Å². The topological polar surface area (TPSA) is 41.1 Å². The van der Waals surface area contributed by atoms with Crippen LogP contribution in [0.3, 0.4) is 0 Å². The highest BCUT2D eigenvalue weighted by Gasteiger charge is 2.35. The average Bonchev–Trinajstić information content (AvgIpc) is 2.73. The van der Waals surface area contributed by atoms with Crippen LogP contribution in [0.25, 0.3) is 11.1 Å². The fraction of sp³-hybridized carbons (Fsp3) is 0.278. The van der Waals surface area contributed by atoms with Crippen LogP contribution in [0.4, 0.5) is 0 Å². The first-order valence-corrected chi connectivity index (χ1v) is 7.28. The van der Waals surface area contributed by atoms with Gasteiger partial charge in [0, 0.05) is 0 Å². The maximum atomic E-state index is 11.9. The fourth-order valence-corrected chi connectivity index (χ4v) is 2.78. The number of carbonyl (C=O) groups is 1. The number of nitrogens with one attached hydrogen (secondary N) is 2. The predicted octanol–water partition coefficient (Wildman–Crippen LogP) is 2.72. The Balaban J connectivity index is 1.72. The van der Waals surface area contributed by atoms with Gasteiger partial charge in [-0.15, -0.1) is 0 Å². The van der Waals surface area contributed by atoms with Crippen LogP contribution in [-0.2, 0) is 11.2 Å². The van der Waals surface area contributed by atoms with Crippen LogP contribution in [0, 0.1) is 0 Å². The van der Waals surface area contributed by atoms with Crippen molar-refractivity contribution in [2.45, 2.75) is 32.0 Å². The minimum Gasteiger partial charge on any atom is -0.337 e. The lowest BCUT2D eigenvalue weighted by molar-refractivity contribution is -0.120. The molecule has 3 heteroatoms. The van der Waals surface area contributed by atoms with E-state index in [4.69, 9.17) is 0 Å². The van der Waals surface area contributed by atoms with E-state index in [1.807, 2.05) is 32.0 Å². The summed E-state index contributed by atoms with van der Waals surface area (Å²) in [6.45, 7) is 3.95. The monoisotopic (exact) mass is 280 g/mol. The normalized spacial score (nSPS) is 20.3. The molecule has 1 saturated heterocycles. The molecule has 0 bridgehead atoms. The Labute approximate surface area is 125 Å². The zero-order valence-electron chi connectivity index (χ0n) is 12.4. The summed E-state index contributed by atoms with van der Waals surface area (Å²) in [6.07, 6.45) is 0.713. The van der Waals surface area contributed by atoms with Gasteiger partial charge in [0.05, 0.1) is 11.7 Å². The quantitative estimate of drug-likeness (QED) is 0.907. The minimum atomic E-state index is -0.314. The number of hydrogen-bond acceptors (Lipinski definition) is 2. The average molecular weight is 280 g/mol. The summed E-state index contributed by atoms with van der Waals surface area (Å²) in [5.41, 5.74) is 3.26. The Morgan fingerprint density at radius 1 is 0.952 bits per heavy atom. The molecular formula is C18H20N2O. The van der Waals surface area contributed by atoms with Crippen molar-refractivity contribution >= 4 is 5.91 Å². The van der Waals surface area contributed by atoms with Gasteiger partial charge >= 0.3 is 0 Å². The molecule has 1 aliphatic rings. The zero-order valence-corrected chi connectivity index (χ0v) is 12.4. The van der Waals surface area contributed by atoms with Crippen LogP contribution in [0.2, 0.25) is 0 Å².